The third-order valence-electron chi connectivity index (χ3n) is 4.58. The molecule has 0 aliphatic carbocycles. The average molecular weight is 355 g/mol. The van der Waals surface area contributed by atoms with E-state index in [2.05, 4.69) is 15.1 Å². The van der Waals surface area contributed by atoms with Gasteiger partial charge in [-0.15, -0.1) is 5.10 Å². The zero-order valence-corrected chi connectivity index (χ0v) is 14.4. The summed E-state index contributed by atoms with van der Waals surface area (Å²) >= 11 is 0. The molecule has 1 saturated heterocycles. The molecule has 0 saturated carbocycles. The third-order valence-corrected chi connectivity index (χ3v) is 4.58. The van der Waals surface area contributed by atoms with Gasteiger partial charge >= 0.3 is 0 Å². The smallest absolute Gasteiger partial charge is 0.251 e. The highest BCUT2D eigenvalue weighted by molar-refractivity contribution is 5.63. The highest BCUT2D eigenvalue weighted by Crippen LogP contribution is 2.32. The zero-order chi connectivity index (χ0) is 18.1. The van der Waals surface area contributed by atoms with E-state index in [4.69, 9.17) is 0 Å². The minimum Gasteiger partial charge on any atom is -0.355 e. The number of nitrogens with zero attached hydrogens (tertiary/aromatic N) is 5. The fourth-order valence-corrected chi connectivity index (χ4v) is 3.06. The number of piperidine rings is 1. The zero-order valence-electron chi connectivity index (χ0n) is 14.4. The van der Waals surface area contributed by atoms with Gasteiger partial charge in [0.2, 0.25) is 0 Å². The number of aromatic nitrogens is 4. The lowest BCUT2D eigenvalue weighted by molar-refractivity contribution is -0.0221. The fourth-order valence-electron chi connectivity index (χ4n) is 3.06. The molecule has 0 radical (unpaired) electrons. The summed E-state index contributed by atoms with van der Waals surface area (Å²) in [6.45, 7) is 2.56. The number of pyridine rings is 2. The van der Waals surface area contributed by atoms with Gasteiger partial charge in [-0.2, -0.15) is 0 Å². The summed E-state index contributed by atoms with van der Waals surface area (Å²) in [5, 5.41) is 4.67. The molecule has 134 valence electrons. The fraction of sp³-hybridized carbons (Fsp3) is 0.316. The van der Waals surface area contributed by atoms with Crippen LogP contribution >= 0.6 is 0 Å². The largest absolute Gasteiger partial charge is 0.355 e. The first-order valence-corrected chi connectivity index (χ1v) is 8.58. The van der Waals surface area contributed by atoms with Crippen LogP contribution in [-0.4, -0.2) is 38.8 Å². The minimum atomic E-state index is -2.58. The number of hydrogen-bond donors (Lipinski definition) is 0. The Hall–Kier alpha value is -2.83. The number of anilines is 1. The quantitative estimate of drug-likeness (QED) is 0.715. The highest BCUT2D eigenvalue weighted by atomic mass is 19.3. The summed E-state index contributed by atoms with van der Waals surface area (Å²) in [6, 6.07) is 9.59. The predicted octanol–water partition coefficient (Wildman–Crippen LogP) is 3.87. The second-order valence-electron chi connectivity index (χ2n) is 6.57. The van der Waals surface area contributed by atoms with Crippen LogP contribution < -0.4 is 4.90 Å². The molecule has 3 aromatic heterocycles. The molecular weight excluding hydrogens is 336 g/mol. The topological polar surface area (TPSA) is 46.8 Å². The molecule has 1 aliphatic heterocycles. The van der Waals surface area contributed by atoms with Crippen molar-refractivity contribution in [1.82, 2.24) is 19.7 Å². The molecule has 7 heteroatoms. The first-order valence-electron chi connectivity index (χ1n) is 8.58. The Morgan fingerprint density at radius 1 is 1.08 bits per heavy atom. The molecule has 0 atom stereocenters. The van der Waals surface area contributed by atoms with E-state index in [0.29, 0.717) is 5.82 Å². The van der Waals surface area contributed by atoms with E-state index in [0.717, 1.165) is 22.6 Å². The van der Waals surface area contributed by atoms with Crippen LogP contribution in [0.15, 0.2) is 48.9 Å². The van der Waals surface area contributed by atoms with E-state index >= 15 is 0 Å². The summed E-state index contributed by atoms with van der Waals surface area (Å²) in [5.41, 5.74) is 3.46. The van der Waals surface area contributed by atoms with Crippen molar-refractivity contribution in [3.05, 3.63) is 54.5 Å². The molecule has 1 fully saturated rings. The van der Waals surface area contributed by atoms with Gasteiger partial charge in [0, 0.05) is 44.4 Å². The Bertz CT molecular complexity index is 880. The van der Waals surface area contributed by atoms with Crippen LogP contribution in [0.2, 0.25) is 0 Å². The van der Waals surface area contributed by atoms with E-state index in [1.54, 1.807) is 23.3 Å². The second kappa shape index (κ2) is 6.48. The van der Waals surface area contributed by atoms with Crippen LogP contribution in [0, 0.1) is 6.92 Å². The summed E-state index contributed by atoms with van der Waals surface area (Å²) in [4.78, 5) is 10.6. The molecule has 4 rings (SSSR count). The summed E-state index contributed by atoms with van der Waals surface area (Å²) in [6.07, 6.45) is 4.93. The van der Waals surface area contributed by atoms with Crippen LogP contribution in [0.5, 0.6) is 0 Å². The van der Waals surface area contributed by atoms with Gasteiger partial charge < -0.3 is 4.90 Å². The lowest BCUT2D eigenvalue weighted by atomic mass is 10.1. The van der Waals surface area contributed by atoms with Crippen molar-refractivity contribution in [2.45, 2.75) is 25.7 Å². The van der Waals surface area contributed by atoms with E-state index in [1.165, 1.54) is 0 Å². The van der Waals surface area contributed by atoms with Gasteiger partial charge in [-0.3, -0.25) is 9.97 Å². The first kappa shape index (κ1) is 16.6. The van der Waals surface area contributed by atoms with Crippen molar-refractivity contribution in [2.24, 2.45) is 0 Å². The maximum absolute atomic E-state index is 13.5. The molecular formula is C19H19F2N5. The van der Waals surface area contributed by atoms with Gasteiger partial charge in [0.15, 0.2) is 5.82 Å². The predicted molar refractivity (Wildman–Crippen MR) is 95.7 cm³/mol. The van der Waals surface area contributed by atoms with Gasteiger partial charge in [0.25, 0.3) is 5.92 Å². The third kappa shape index (κ3) is 3.29. The van der Waals surface area contributed by atoms with E-state index in [-0.39, 0.29) is 25.9 Å². The van der Waals surface area contributed by atoms with Gasteiger partial charge in [-0.05, 0) is 30.7 Å². The number of rotatable bonds is 3. The lowest BCUT2D eigenvalue weighted by Gasteiger charge is -2.31. The van der Waals surface area contributed by atoms with Crippen LogP contribution in [0.4, 0.5) is 14.6 Å². The molecule has 0 N–H and O–H groups in total. The number of alkyl halides is 2. The number of halogens is 2. The van der Waals surface area contributed by atoms with Crippen molar-refractivity contribution in [3.8, 4) is 17.1 Å². The molecule has 0 spiro atoms. The van der Waals surface area contributed by atoms with Crippen LogP contribution in [0.25, 0.3) is 17.1 Å². The molecule has 0 amide bonds. The molecule has 0 unspecified atom stereocenters. The van der Waals surface area contributed by atoms with Crippen LogP contribution in [-0.2, 0) is 0 Å². The molecule has 0 bridgehead atoms. The normalized spacial score (nSPS) is 16.7. The monoisotopic (exact) mass is 355 g/mol. The Morgan fingerprint density at radius 3 is 2.54 bits per heavy atom. The molecule has 4 heterocycles. The Kier molecular flexibility index (Phi) is 4.14. The van der Waals surface area contributed by atoms with Gasteiger partial charge in [-0.1, -0.05) is 6.07 Å². The van der Waals surface area contributed by atoms with Gasteiger partial charge in [0.05, 0.1) is 23.3 Å². The molecule has 26 heavy (non-hydrogen) atoms. The Morgan fingerprint density at radius 2 is 1.88 bits per heavy atom. The average Bonchev–Trinajstić information content (AvgIpc) is 3.08. The van der Waals surface area contributed by atoms with E-state index in [1.807, 2.05) is 42.2 Å². The first-order chi connectivity index (χ1) is 12.5. The minimum absolute atomic E-state index is 0.148. The maximum Gasteiger partial charge on any atom is 0.251 e. The number of aryl methyl sites for hydroxylation is 1. The maximum atomic E-state index is 13.5. The molecule has 1 aliphatic rings. The Labute approximate surface area is 150 Å². The van der Waals surface area contributed by atoms with Crippen molar-refractivity contribution >= 4 is 5.82 Å². The van der Waals surface area contributed by atoms with E-state index < -0.39 is 5.92 Å². The molecule has 3 aromatic rings. The summed E-state index contributed by atoms with van der Waals surface area (Å²) in [7, 11) is 0. The van der Waals surface area contributed by atoms with Crippen molar-refractivity contribution < 1.29 is 8.78 Å². The number of hydrogen-bond acceptors (Lipinski definition) is 4. The van der Waals surface area contributed by atoms with Crippen molar-refractivity contribution in [2.75, 3.05) is 18.0 Å². The standard InChI is InChI=1S/C19H19F2N5/c1-14-4-5-16(23-12-14)17-11-18(25-9-6-19(20,21)7-10-25)24-26(17)15-3-2-8-22-13-15/h2-5,8,11-13H,6-7,9-10H2,1H3. The van der Waals surface area contributed by atoms with Crippen LogP contribution in [0.1, 0.15) is 18.4 Å². The molecule has 0 aromatic carbocycles. The molecule has 5 nitrogen and oxygen atoms in total. The second-order valence-corrected chi connectivity index (χ2v) is 6.57. The van der Waals surface area contributed by atoms with Crippen molar-refractivity contribution in [3.63, 3.8) is 0 Å². The lowest BCUT2D eigenvalue weighted by Crippen LogP contribution is -2.39. The SMILES string of the molecule is Cc1ccc(-c2cc(N3CCC(F)(F)CC3)nn2-c2cccnc2)nc1. The van der Waals surface area contributed by atoms with Gasteiger partial charge in [0.1, 0.15) is 0 Å². The van der Waals surface area contributed by atoms with E-state index in [9.17, 15) is 8.78 Å². The highest BCUT2D eigenvalue weighted by Gasteiger charge is 2.35. The summed E-state index contributed by atoms with van der Waals surface area (Å²) < 4.78 is 28.7. The van der Waals surface area contributed by atoms with Crippen LogP contribution in [0.3, 0.4) is 0 Å². The summed E-state index contributed by atoms with van der Waals surface area (Å²) in [5.74, 6) is -1.90. The van der Waals surface area contributed by atoms with Gasteiger partial charge in [-0.25, -0.2) is 13.5 Å². The van der Waals surface area contributed by atoms with Crippen molar-refractivity contribution in [1.29, 1.82) is 0 Å². The Balaban J connectivity index is 1.74.